The number of amides is 1. The van der Waals surface area contributed by atoms with E-state index in [1.54, 1.807) is 19.1 Å². The molecule has 0 unspecified atom stereocenters. The number of carbonyl (C=O) groups excluding carboxylic acids is 1. The molecule has 0 heterocycles. The van der Waals surface area contributed by atoms with Crippen LogP contribution >= 0.6 is 0 Å². The van der Waals surface area contributed by atoms with Crippen LogP contribution in [0, 0.1) is 18.6 Å². The van der Waals surface area contributed by atoms with Gasteiger partial charge in [-0.2, -0.15) is 0 Å². The first-order valence-corrected chi connectivity index (χ1v) is 6.96. The van der Waals surface area contributed by atoms with Crippen LogP contribution in [0.2, 0.25) is 0 Å². The SMILES string of the molecule is CCN(C(=O)COc1ccc(C)cc1)c1ccc(F)c(F)c1. The second-order valence-electron chi connectivity index (χ2n) is 4.84. The van der Waals surface area contributed by atoms with Crippen molar-refractivity contribution in [3.63, 3.8) is 0 Å². The first-order valence-electron chi connectivity index (χ1n) is 6.96. The highest BCUT2D eigenvalue weighted by Gasteiger charge is 2.16. The zero-order valence-corrected chi connectivity index (χ0v) is 12.5. The number of benzene rings is 2. The van der Waals surface area contributed by atoms with Gasteiger partial charge in [0, 0.05) is 18.3 Å². The van der Waals surface area contributed by atoms with Crippen LogP contribution in [0.3, 0.4) is 0 Å². The molecular formula is C17H17F2NO2. The largest absolute Gasteiger partial charge is 0.484 e. The van der Waals surface area contributed by atoms with E-state index in [-0.39, 0.29) is 12.5 Å². The summed E-state index contributed by atoms with van der Waals surface area (Å²) in [5.74, 6) is -1.67. The van der Waals surface area contributed by atoms with Crippen LogP contribution < -0.4 is 9.64 Å². The van der Waals surface area contributed by atoms with E-state index < -0.39 is 11.6 Å². The molecule has 0 saturated carbocycles. The van der Waals surface area contributed by atoms with Gasteiger partial charge in [-0.1, -0.05) is 17.7 Å². The fourth-order valence-electron chi connectivity index (χ4n) is 2.01. The van der Waals surface area contributed by atoms with E-state index in [1.807, 2.05) is 19.1 Å². The fraction of sp³-hybridized carbons (Fsp3) is 0.235. The van der Waals surface area contributed by atoms with Gasteiger partial charge in [0.15, 0.2) is 18.2 Å². The number of rotatable bonds is 5. The topological polar surface area (TPSA) is 29.5 Å². The second-order valence-corrected chi connectivity index (χ2v) is 4.84. The summed E-state index contributed by atoms with van der Waals surface area (Å²) in [6.45, 7) is 3.87. The van der Waals surface area contributed by atoms with E-state index in [0.717, 1.165) is 17.7 Å². The van der Waals surface area contributed by atoms with Crippen molar-refractivity contribution >= 4 is 11.6 Å². The summed E-state index contributed by atoms with van der Waals surface area (Å²) in [7, 11) is 0. The smallest absolute Gasteiger partial charge is 0.264 e. The van der Waals surface area contributed by atoms with Crippen molar-refractivity contribution in [1.82, 2.24) is 0 Å². The molecule has 0 aliphatic carbocycles. The number of nitrogens with zero attached hydrogens (tertiary/aromatic N) is 1. The fourth-order valence-corrected chi connectivity index (χ4v) is 2.01. The van der Waals surface area contributed by atoms with Crippen LogP contribution in [-0.2, 0) is 4.79 Å². The van der Waals surface area contributed by atoms with Gasteiger partial charge in [-0.3, -0.25) is 4.79 Å². The molecule has 0 bridgehead atoms. The Hall–Kier alpha value is -2.43. The molecule has 2 aromatic rings. The second kappa shape index (κ2) is 7.02. The Kier molecular flexibility index (Phi) is 5.09. The summed E-state index contributed by atoms with van der Waals surface area (Å²) in [6.07, 6.45) is 0. The molecule has 0 saturated heterocycles. The minimum Gasteiger partial charge on any atom is -0.484 e. The van der Waals surface area contributed by atoms with Gasteiger partial charge in [-0.25, -0.2) is 8.78 Å². The first-order chi connectivity index (χ1) is 10.5. The maximum Gasteiger partial charge on any atom is 0.264 e. The Morgan fingerprint density at radius 1 is 1.09 bits per heavy atom. The lowest BCUT2D eigenvalue weighted by atomic mass is 10.2. The van der Waals surface area contributed by atoms with Crippen LogP contribution in [0.15, 0.2) is 42.5 Å². The summed E-state index contributed by atoms with van der Waals surface area (Å²) >= 11 is 0. The average Bonchev–Trinajstić information content (AvgIpc) is 2.51. The quantitative estimate of drug-likeness (QED) is 0.843. The summed E-state index contributed by atoms with van der Waals surface area (Å²) in [5.41, 5.74) is 1.40. The molecule has 22 heavy (non-hydrogen) atoms. The highest BCUT2D eigenvalue weighted by molar-refractivity contribution is 5.94. The standard InChI is InChI=1S/C17H17F2NO2/c1-3-20(13-6-9-15(18)16(19)10-13)17(21)11-22-14-7-4-12(2)5-8-14/h4-10H,3,11H2,1-2H3. The Morgan fingerprint density at radius 2 is 1.77 bits per heavy atom. The zero-order valence-electron chi connectivity index (χ0n) is 12.5. The monoisotopic (exact) mass is 305 g/mol. The predicted octanol–water partition coefficient (Wildman–Crippen LogP) is 3.71. The lowest BCUT2D eigenvalue weighted by Crippen LogP contribution is -2.34. The highest BCUT2D eigenvalue weighted by Crippen LogP contribution is 2.18. The molecule has 0 fully saturated rings. The molecule has 2 aromatic carbocycles. The molecular weight excluding hydrogens is 288 g/mol. The van der Waals surface area contributed by atoms with E-state index in [2.05, 4.69) is 0 Å². The molecule has 0 aliphatic heterocycles. The highest BCUT2D eigenvalue weighted by atomic mass is 19.2. The lowest BCUT2D eigenvalue weighted by Gasteiger charge is -2.21. The maximum absolute atomic E-state index is 13.3. The van der Waals surface area contributed by atoms with Crippen molar-refractivity contribution in [2.45, 2.75) is 13.8 Å². The number of hydrogen-bond donors (Lipinski definition) is 0. The minimum absolute atomic E-state index is 0.171. The number of hydrogen-bond acceptors (Lipinski definition) is 2. The lowest BCUT2D eigenvalue weighted by molar-refractivity contribution is -0.120. The van der Waals surface area contributed by atoms with Gasteiger partial charge in [0.05, 0.1) is 0 Å². The van der Waals surface area contributed by atoms with Gasteiger partial charge < -0.3 is 9.64 Å². The van der Waals surface area contributed by atoms with Crippen LogP contribution in [0.5, 0.6) is 5.75 Å². The van der Waals surface area contributed by atoms with Crippen molar-refractivity contribution in [2.75, 3.05) is 18.1 Å². The Balaban J connectivity index is 2.05. The summed E-state index contributed by atoms with van der Waals surface area (Å²) in [5, 5.41) is 0. The minimum atomic E-state index is -0.983. The van der Waals surface area contributed by atoms with Crippen molar-refractivity contribution in [3.05, 3.63) is 59.7 Å². The molecule has 3 nitrogen and oxygen atoms in total. The molecule has 0 aliphatic rings. The molecule has 2 rings (SSSR count). The van der Waals surface area contributed by atoms with E-state index in [0.29, 0.717) is 18.0 Å². The van der Waals surface area contributed by atoms with Crippen molar-refractivity contribution < 1.29 is 18.3 Å². The number of anilines is 1. The predicted molar refractivity (Wildman–Crippen MR) is 81.1 cm³/mol. The summed E-state index contributed by atoms with van der Waals surface area (Å²) in [6, 6.07) is 10.7. The number of ether oxygens (including phenoxy) is 1. The number of likely N-dealkylation sites (N-methyl/N-ethyl adjacent to an activating group) is 1. The Bertz CT molecular complexity index is 656. The number of carbonyl (C=O) groups is 1. The first kappa shape index (κ1) is 15.9. The molecule has 5 heteroatoms. The van der Waals surface area contributed by atoms with E-state index >= 15 is 0 Å². The van der Waals surface area contributed by atoms with Crippen molar-refractivity contribution in [1.29, 1.82) is 0 Å². The molecule has 0 aromatic heterocycles. The van der Waals surface area contributed by atoms with Crippen molar-refractivity contribution in [3.8, 4) is 5.75 Å². The normalized spacial score (nSPS) is 10.4. The molecule has 0 spiro atoms. The molecule has 1 amide bonds. The average molecular weight is 305 g/mol. The Labute approximate surface area is 128 Å². The molecule has 0 radical (unpaired) electrons. The summed E-state index contributed by atoms with van der Waals surface area (Å²) in [4.78, 5) is 13.5. The third kappa shape index (κ3) is 3.81. The van der Waals surface area contributed by atoms with Gasteiger partial charge in [0.1, 0.15) is 5.75 Å². The maximum atomic E-state index is 13.3. The molecule has 0 N–H and O–H groups in total. The van der Waals surface area contributed by atoms with Crippen LogP contribution in [0.4, 0.5) is 14.5 Å². The third-order valence-corrected chi connectivity index (χ3v) is 3.22. The zero-order chi connectivity index (χ0) is 16.1. The van der Waals surface area contributed by atoms with Crippen molar-refractivity contribution in [2.24, 2.45) is 0 Å². The van der Waals surface area contributed by atoms with Crippen LogP contribution in [0.25, 0.3) is 0 Å². The summed E-state index contributed by atoms with van der Waals surface area (Å²) < 4.78 is 31.7. The van der Waals surface area contributed by atoms with E-state index in [4.69, 9.17) is 4.74 Å². The van der Waals surface area contributed by atoms with Crippen LogP contribution in [-0.4, -0.2) is 19.1 Å². The molecule has 116 valence electrons. The third-order valence-electron chi connectivity index (χ3n) is 3.22. The van der Waals surface area contributed by atoms with Gasteiger partial charge in [0.25, 0.3) is 5.91 Å². The van der Waals surface area contributed by atoms with Gasteiger partial charge in [-0.05, 0) is 38.1 Å². The van der Waals surface area contributed by atoms with Gasteiger partial charge in [-0.15, -0.1) is 0 Å². The Morgan fingerprint density at radius 3 is 2.36 bits per heavy atom. The molecule has 0 atom stereocenters. The van der Waals surface area contributed by atoms with Crippen LogP contribution in [0.1, 0.15) is 12.5 Å². The number of aryl methyl sites for hydroxylation is 1. The van der Waals surface area contributed by atoms with E-state index in [1.165, 1.54) is 11.0 Å². The van der Waals surface area contributed by atoms with Gasteiger partial charge >= 0.3 is 0 Å². The number of halogens is 2. The van der Waals surface area contributed by atoms with Gasteiger partial charge in [0.2, 0.25) is 0 Å². The van der Waals surface area contributed by atoms with E-state index in [9.17, 15) is 13.6 Å².